The van der Waals surface area contributed by atoms with Gasteiger partial charge in [0, 0.05) is 0 Å². The smallest absolute Gasteiger partial charge is 0.241 e. The van der Waals surface area contributed by atoms with Gasteiger partial charge in [0.15, 0.2) is 0 Å². The molecule has 0 saturated heterocycles. The third kappa shape index (κ3) is 3.55. The Morgan fingerprint density at radius 3 is 2.62 bits per heavy atom. The molecule has 2 unspecified atom stereocenters. The first-order valence-electron chi connectivity index (χ1n) is 7.88. The third-order valence-corrected chi connectivity index (χ3v) is 4.48. The van der Waals surface area contributed by atoms with E-state index in [0.717, 1.165) is 35.3 Å². The molecule has 24 heavy (non-hydrogen) atoms. The summed E-state index contributed by atoms with van der Waals surface area (Å²) in [5.41, 5.74) is 10.4. The second-order valence-corrected chi connectivity index (χ2v) is 6.02. The van der Waals surface area contributed by atoms with E-state index in [2.05, 4.69) is 5.32 Å². The number of methoxy groups -OCH3 is 1. The molecule has 1 aliphatic rings. The minimum atomic E-state index is -0.648. The number of benzene rings is 2. The van der Waals surface area contributed by atoms with Crippen molar-refractivity contribution in [1.29, 1.82) is 0 Å². The summed E-state index contributed by atoms with van der Waals surface area (Å²) in [6.07, 6.45) is 1.78. The molecule has 2 atom stereocenters. The van der Waals surface area contributed by atoms with E-state index in [1.165, 1.54) is 5.56 Å². The molecule has 0 saturated carbocycles. The highest BCUT2D eigenvalue weighted by Gasteiger charge is 2.28. The maximum Gasteiger partial charge on any atom is 0.241 e. The standard InChI is InChI=1S/C19H22N2O2.ClH/c1-12-6-8-13(9-7-12)18(20)19(22)21-16-11-10-15-14(16)4-3-5-17(15)23-2;/h3-9,16,18H,10-11,20H2,1-2H3,(H,21,22);1H. The number of amides is 1. The Morgan fingerprint density at radius 1 is 1.25 bits per heavy atom. The summed E-state index contributed by atoms with van der Waals surface area (Å²) < 4.78 is 5.40. The zero-order chi connectivity index (χ0) is 16.4. The van der Waals surface area contributed by atoms with Gasteiger partial charge < -0.3 is 15.8 Å². The molecular formula is C19H23ClN2O2. The van der Waals surface area contributed by atoms with E-state index in [4.69, 9.17) is 10.5 Å². The number of halogens is 1. The summed E-state index contributed by atoms with van der Waals surface area (Å²) in [6.45, 7) is 2.01. The quantitative estimate of drug-likeness (QED) is 0.893. The zero-order valence-electron chi connectivity index (χ0n) is 13.9. The molecule has 1 aliphatic carbocycles. The van der Waals surface area contributed by atoms with Gasteiger partial charge in [-0.3, -0.25) is 4.79 Å². The highest BCUT2D eigenvalue weighted by atomic mass is 35.5. The third-order valence-electron chi connectivity index (χ3n) is 4.48. The highest BCUT2D eigenvalue weighted by Crippen LogP contribution is 2.36. The maximum atomic E-state index is 12.5. The number of hydrogen-bond acceptors (Lipinski definition) is 3. The number of carbonyl (C=O) groups is 1. The van der Waals surface area contributed by atoms with Gasteiger partial charge in [-0.1, -0.05) is 42.0 Å². The number of nitrogens with two attached hydrogens (primary N) is 1. The fourth-order valence-electron chi connectivity index (χ4n) is 3.15. The van der Waals surface area contributed by atoms with Crippen molar-refractivity contribution in [2.75, 3.05) is 7.11 Å². The molecular weight excluding hydrogens is 324 g/mol. The maximum absolute atomic E-state index is 12.5. The number of aryl methyl sites for hydroxylation is 1. The van der Waals surface area contributed by atoms with Crippen LogP contribution in [0, 0.1) is 6.92 Å². The van der Waals surface area contributed by atoms with E-state index in [0.29, 0.717) is 0 Å². The van der Waals surface area contributed by atoms with Crippen LogP contribution in [0.3, 0.4) is 0 Å². The van der Waals surface area contributed by atoms with Crippen molar-refractivity contribution >= 4 is 18.3 Å². The molecule has 3 rings (SSSR count). The number of carbonyl (C=O) groups excluding carboxylic acids is 1. The number of fused-ring (bicyclic) bond motifs is 1. The molecule has 2 aromatic rings. The Bertz CT molecular complexity index is 716. The van der Waals surface area contributed by atoms with Gasteiger partial charge in [-0.15, -0.1) is 12.4 Å². The van der Waals surface area contributed by atoms with Crippen LogP contribution in [0.4, 0.5) is 0 Å². The van der Waals surface area contributed by atoms with Crippen LogP contribution >= 0.6 is 12.4 Å². The first-order valence-corrected chi connectivity index (χ1v) is 7.88. The van der Waals surface area contributed by atoms with Crippen LogP contribution in [-0.2, 0) is 11.2 Å². The number of hydrogen-bond donors (Lipinski definition) is 2. The summed E-state index contributed by atoms with van der Waals surface area (Å²) in [7, 11) is 1.68. The first kappa shape index (κ1) is 18.3. The average molecular weight is 347 g/mol. The van der Waals surface area contributed by atoms with Crippen LogP contribution in [0.15, 0.2) is 42.5 Å². The molecule has 1 amide bonds. The Labute approximate surface area is 148 Å². The number of nitrogens with one attached hydrogen (secondary N) is 1. The summed E-state index contributed by atoms with van der Waals surface area (Å²) in [6, 6.07) is 13.1. The molecule has 5 heteroatoms. The van der Waals surface area contributed by atoms with E-state index in [-0.39, 0.29) is 24.4 Å². The van der Waals surface area contributed by atoms with Crippen LogP contribution in [0.2, 0.25) is 0 Å². The molecule has 0 radical (unpaired) electrons. The van der Waals surface area contributed by atoms with Crippen molar-refractivity contribution in [1.82, 2.24) is 5.32 Å². The summed E-state index contributed by atoms with van der Waals surface area (Å²) in [5.74, 6) is 0.747. The lowest BCUT2D eigenvalue weighted by Gasteiger charge is -2.18. The van der Waals surface area contributed by atoms with E-state index in [1.54, 1.807) is 7.11 Å². The average Bonchev–Trinajstić information content (AvgIpc) is 2.98. The predicted molar refractivity (Wildman–Crippen MR) is 97.6 cm³/mol. The van der Waals surface area contributed by atoms with Crippen molar-refractivity contribution < 1.29 is 9.53 Å². The Kier molecular flexibility index (Phi) is 5.86. The Hall–Kier alpha value is -2.04. The van der Waals surface area contributed by atoms with Crippen LogP contribution in [-0.4, -0.2) is 13.0 Å². The van der Waals surface area contributed by atoms with E-state index >= 15 is 0 Å². The molecule has 4 nitrogen and oxygen atoms in total. The van der Waals surface area contributed by atoms with Gasteiger partial charge in [0.25, 0.3) is 0 Å². The molecule has 0 aromatic heterocycles. The van der Waals surface area contributed by atoms with E-state index in [9.17, 15) is 4.79 Å². The molecule has 2 aromatic carbocycles. The number of rotatable bonds is 4. The van der Waals surface area contributed by atoms with Crippen LogP contribution in [0.25, 0.3) is 0 Å². The molecule has 0 spiro atoms. The second kappa shape index (κ2) is 7.69. The minimum absolute atomic E-state index is 0. The van der Waals surface area contributed by atoms with Gasteiger partial charge in [-0.25, -0.2) is 0 Å². The lowest BCUT2D eigenvalue weighted by atomic mass is 10.0. The molecule has 3 N–H and O–H groups in total. The normalized spacial score (nSPS) is 16.7. The molecule has 0 fully saturated rings. The van der Waals surface area contributed by atoms with Crippen LogP contribution < -0.4 is 15.8 Å². The van der Waals surface area contributed by atoms with Gasteiger partial charge >= 0.3 is 0 Å². The minimum Gasteiger partial charge on any atom is -0.496 e. The lowest BCUT2D eigenvalue weighted by Crippen LogP contribution is -2.36. The fraction of sp³-hybridized carbons (Fsp3) is 0.316. The van der Waals surface area contributed by atoms with Gasteiger partial charge in [0.2, 0.25) is 5.91 Å². The Balaban J connectivity index is 0.00000208. The molecule has 0 aliphatic heterocycles. The summed E-state index contributed by atoms with van der Waals surface area (Å²) >= 11 is 0. The van der Waals surface area contributed by atoms with Crippen LogP contribution in [0.1, 0.15) is 40.8 Å². The van der Waals surface area contributed by atoms with Gasteiger partial charge in [0.05, 0.1) is 13.2 Å². The fourth-order valence-corrected chi connectivity index (χ4v) is 3.15. The van der Waals surface area contributed by atoms with Crippen molar-refractivity contribution in [2.45, 2.75) is 31.8 Å². The first-order chi connectivity index (χ1) is 11.1. The number of ether oxygens (including phenoxy) is 1. The SMILES string of the molecule is COc1cccc2c1CCC2NC(=O)C(N)c1ccc(C)cc1.Cl. The molecule has 0 bridgehead atoms. The largest absolute Gasteiger partial charge is 0.496 e. The van der Waals surface area contributed by atoms with Crippen molar-refractivity contribution in [2.24, 2.45) is 5.73 Å². The topological polar surface area (TPSA) is 64.3 Å². The monoisotopic (exact) mass is 346 g/mol. The van der Waals surface area contributed by atoms with Gasteiger partial charge in [-0.2, -0.15) is 0 Å². The van der Waals surface area contributed by atoms with E-state index < -0.39 is 6.04 Å². The molecule has 0 heterocycles. The van der Waals surface area contributed by atoms with E-state index in [1.807, 2.05) is 49.4 Å². The van der Waals surface area contributed by atoms with Crippen molar-refractivity contribution in [3.05, 3.63) is 64.7 Å². The highest BCUT2D eigenvalue weighted by molar-refractivity contribution is 5.85. The second-order valence-electron chi connectivity index (χ2n) is 6.02. The lowest BCUT2D eigenvalue weighted by molar-refractivity contribution is -0.123. The van der Waals surface area contributed by atoms with Gasteiger partial charge in [0.1, 0.15) is 11.8 Å². The summed E-state index contributed by atoms with van der Waals surface area (Å²) in [5, 5.41) is 3.08. The zero-order valence-corrected chi connectivity index (χ0v) is 14.7. The summed E-state index contributed by atoms with van der Waals surface area (Å²) in [4.78, 5) is 12.5. The van der Waals surface area contributed by atoms with Crippen LogP contribution in [0.5, 0.6) is 5.75 Å². The van der Waals surface area contributed by atoms with Crippen molar-refractivity contribution in [3.8, 4) is 5.75 Å². The van der Waals surface area contributed by atoms with Gasteiger partial charge in [-0.05, 0) is 42.5 Å². The van der Waals surface area contributed by atoms with Crippen molar-refractivity contribution in [3.63, 3.8) is 0 Å². The molecule has 128 valence electrons. The predicted octanol–water partition coefficient (Wildman–Crippen LogP) is 3.23. The Morgan fingerprint density at radius 2 is 1.96 bits per heavy atom.